The topological polar surface area (TPSA) is 52.0 Å². The minimum absolute atomic E-state index is 0.165. The number of benzene rings is 1. The molecule has 0 unspecified atom stereocenters. The molecule has 4 N–H and O–H groups in total. The van der Waals surface area contributed by atoms with E-state index in [1.54, 1.807) is 6.08 Å². The number of anilines is 1. The normalized spacial score (nSPS) is 12.5. The van der Waals surface area contributed by atoms with Gasteiger partial charge in [-0.15, -0.1) is 6.58 Å². The van der Waals surface area contributed by atoms with Gasteiger partial charge in [-0.2, -0.15) is 0 Å². The second kappa shape index (κ2) is 4.19. The number of rotatable bonds is 3. The van der Waals surface area contributed by atoms with Crippen LogP contribution in [0.4, 0.5) is 14.5 Å². The number of hydrogen-bond donors (Lipinski definition) is 2. The summed E-state index contributed by atoms with van der Waals surface area (Å²) in [6.45, 7) is 3.51. The van der Waals surface area contributed by atoms with Crippen molar-refractivity contribution in [1.82, 2.24) is 0 Å². The van der Waals surface area contributed by atoms with Crippen LogP contribution in [0, 0.1) is 11.6 Å². The van der Waals surface area contributed by atoms with Gasteiger partial charge in [-0.05, 0) is 18.1 Å². The molecule has 0 spiro atoms. The first kappa shape index (κ1) is 10.7. The van der Waals surface area contributed by atoms with Crippen molar-refractivity contribution < 1.29 is 8.78 Å². The standard InChI is InChI=1S/C10H12F2N2/c1-2-3-9(13)6-4-7(11)8(12)5-10(6)14/h2,4-5,9H,1,3,13-14H2/t9-/m0/s1. The summed E-state index contributed by atoms with van der Waals surface area (Å²) in [5.74, 6) is -1.90. The molecule has 1 atom stereocenters. The highest BCUT2D eigenvalue weighted by atomic mass is 19.2. The van der Waals surface area contributed by atoms with Crippen LogP contribution in [0.25, 0.3) is 0 Å². The number of hydrogen-bond acceptors (Lipinski definition) is 2. The van der Waals surface area contributed by atoms with E-state index in [0.717, 1.165) is 12.1 Å². The first-order valence-electron chi connectivity index (χ1n) is 4.17. The van der Waals surface area contributed by atoms with Crippen molar-refractivity contribution in [2.75, 3.05) is 5.73 Å². The summed E-state index contributed by atoms with van der Waals surface area (Å²) in [6.07, 6.45) is 2.07. The summed E-state index contributed by atoms with van der Waals surface area (Å²) in [6, 6.07) is 1.52. The van der Waals surface area contributed by atoms with E-state index >= 15 is 0 Å². The summed E-state index contributed by atoms with van der Waals surface area (Å²) < 4.78 is 25.5. The third-order valence-electron chi connectivity index (χ3n) is 1.95. The zero-order chi connectivity index (χ0) is 10.7. The predicted molar refractivity (Wildman–Crippen MR) is 52.5 cm³/mol. The molecular formula is C10H12F2N2. The van der Waals surface area contributed by atoms with E-state index in [0.29, 0.717) is 12.0 Å². The van der Waals surface area contributed by atoms with E-state index in [-0.39, 0.29) is 5.69 Å². The van der Waals surface area contributed by atoms with E-state index in [1.165, 1.54) is 0 Å². The smallest absolute Gasteiger partial charge is 0.160 e. The van der Waals surface area contributed by atoms with Crippen molar-refractivity contribution in [1.29, 1.82) is 0 Å². The van der Waals surface area contributed by atoms with Gasteiger partial charge < -0.3 is 11.5 Å². The molecule has 0 fully saturated rings. The van der Waals surface area contributed by atoms with Crippen molar-refractivity contribution >= 4 is 5.69 Å². The molecule has 4 heteroatoms. The maximum Gasteiger partial charge on any atom is 0.160 e. The van der Waals surface area contributed by atoms with Gasteiger partial charge in [-0.25, -0.2) is 8.78 Å². The van der Waals surface area contributed by atoms with Crippen molar-refractivity contribution in [3.63, 3.8) is 0 Å². The van der Waals surface area contributed by atoms with Gasteiger partial charge in [0.2, 0.25) is 0 Å². The van der Waals surface area contributed by atoms with Crippen LogP contribution in [0.2, 0.25) is 0 Å². The highest BCUT2D eigenvalue weighted by molar-refractivity contribution is 5.49. The molecular weight excluding hydrogens is 186 g/mol. The number of nitrogens with two attached hydrogens (primary N) is 2. The van der Waals surface area contributed by atoms with Gasteiger partial charge >= 0.3 is 0 Å². The summed E-state index contributed by atoms with van der Waals surface area (Å²) in [4.78, 5) is 0. The maximum absolute atomic E-state index is 12.8. The predicted octanol–water partition coefficient (Wildman–Crippen LogP) is 2.12. The van der Waals surface area contributed by atoms with Crippen molar-refractivity contribution in [2.24, 2.45) is 5.73 Å². The van der Waals surface area contributed by atoms with Crippen LogP contribution < -0.4 is 11.5 Å². The Bertz CT molecular complexity index is 350. The third-order valence-corrected chi connectivity index (χ3v) is 1.95. The molecule has 0 aromatic heterocycles. The molecule has 14 heavy (non-hydrogen) atoms. The third kappa shape index (κ3) is 2.09. The molecule has 0 bridgehead atoms. The average Bonchev–Trinajstić information content (AvgIpc) is 2.11. The highest BCUT2D eigenvalue weighted by Crippen LogP contribution is 2.24. The van der Waals surface area contributed by atoms with Gasteiger partial charge in [0, 0.05) is 17.8 Å². The Morgan fingerprint density at radius 1 is 1.36 bits per heavy atom. The van der Waals surface area contributed by atoms with Crippen LogP contribution >= 0.6 is 0 Å². The molecule has 0 saturated carbocycles. The SMILES string of the molecule is C=CC[C@H](N)c1cc(F)c(F)cc1N. The van der Waals surface area contributed by atoms with E-state index in [1.807, 2.05) is 0 Å². The Balaban J connectivity index is 3.08. The zero-order valence-corrected chi connectivity index (χ0v) is 7.63. The Kier molecular flexibility index (Phi) is 3.19. The average molecular weight is 198 g/mol. The Hall–Kier alpha value is -1.42. The van der Waals surface area contributed by atoms with Crippen LogP contribution in [-0.4, -0.2) is 0 Å². The molecule has 0 amide bonds. The lowest BCUT2D eigenvalue weighted by Crippen LogP contribution is -2.12. The minimum Gasteiger partial charge on any atom is -0.398 e. The maximum atomic E-state index is 12.8. The van der Waals surface area contributed by atoms with Crippen molar-refractivity contribution in [2.45, 2.75) is 12.5 Å². The summed E-state index contributed by atoms with van der Waals surface area (Å²) >= 11 is 0. The van der Waals surface area contributed by atoms with Crippen LogP contribution in [-0.2, 0) is 0 Å². The summed E-state index contributed by atoms with van der Waals surface area (Å²) in [5.41, 5.74) is 11.8. The summed E-state index contributed by atoms with van der Waals surface area (Å²) in [7, 11) is 0. The largest absolute Gasteiger partial charge is 0.398 e. The molecule has 0 aliphatic rings. The van der Waals surface area contributed by atoms with Gasteiger partial charge in [-0.3, -0.25) is 0 Å². The van der Waals surface area contributed by atoms with Gasteiger partial charge in [-0.1, -0.05) is 6.08 Å². The van der Waals surface area contributed by atoms with Gasteiger partial charge in [0.05, 0.1) is 0 Å². The number of nitrogen functional groups attached to an aromatic ring is 1. The van der Waals surface area contributed by atoms with E-state index in [4.69, 9.17) is 11.5 Å². The molecule has 0 heterocycles. The molecule has 0 radical (unpaired) electrons. The molecule has 2 nitrogen and oxygen atoms in total. The first-order chi connectivity index (χ1) is 6.56. The van der Waals surface area contributed by atoms with Gasteiger partial charge in [0.25, 0.3) is 0 Å². The van der Waals surface area contributed by atoms with Gasteiger partial charge in [0.1, 0.15) is 0 Å². The second-order valence-electron chi connectivity index (χ2n) is 3.03. The van der Waals surface area contributed by atoms with Crippen LogP contribution in [0.15, 0.2) is 24.8 Å². The molecule has 1 rings (SSSR count). The first-order valence-corrected chi connectivity index (χ1v) is 4.17. The minimum atomic E-state index is -0.961. The van der Waals surface area contributed by atoms with Crippen molar-refractivity contribution in [3.05, 3.63) is 42.0 Å². The van der Waals surface area contributed by atoms with Gasteiger partial charge in [0.15, 0.2) is 11.6 Å². The molecule has 1 aromatic carbocycles. The lowest BCUT2D eigenvalue weighted by Gasteiger charge is -2.12. The lowest BCUT2D eigenvalue weighted by molar-refractivity contribution is 0.506. The zero-order valence-electron chi connectivity index (χ0n) is 7.63. The second-order valence-corrected chi connectivity index (χ2v) is 3.03. The van der Waals surface area contributed by atoms with E-state index in [9.17, 15) is 8.78 Å². The van der Waals surface area contributed by atoms with E-state index in [2.05, 4.69) is 6.58 Å². The highest BCUT2D eigenvalue weighted by Gasteiger charge is 2.12. The Morgan fingerprint density at radius 3 is 2.50 bits per heavy atom. The molecule has 0 aliphatic heterocycles. The Morgan fingerprint density at radius 2 is 1.93 bits per heavy atom. The van der Waals surface area contributed by atoms with Crippen LogP contribution in [0.5, 0.6) is 0 Å². The molecule has 1 aromatic rings. The molecule has 0 aliphatic carbocycles. The monoisotopic (exact) mass is 198 g/mol. The number of halogens is 2. The fourth-order valence-electron chi connectivity index (χ4n) is 1.21. The lowest BCUT2D eigenvalue weighted by atomic mass is 10.0. The quantitative estimate of drug-likeness (QED) is 0.577. The fraction of sp³-hybridized carbons (Fsp3) is 0.200. The Labute approximate surface area is 81.2 Å². The molecule has 76 valence electrons. The van der Waals surface area contributed by atoms with E-state index < -0.39 is 17.7 Å². The fourth-order valence-corrected chi connectivity index (χ4v) is 1.21. The molecule has 0 saturated heterocycles. The van der Waals surface area contributed by atoms with Crippen molar-refractivity contribution in [3.8, 4) is 0 Å². The van der Waals surface area contributed by atoms with Crippen LogP contribution in [0.3, 0.4) is 0 Å². The van der Waals surface area contributed by atoms with Crippen LogP contribution in [0.1, 0.15) is 18.0 Å². The summed E-state index contributed by atoms with van der Waals surface area (Å²) in [5, 5.41) is 0.